The maximum absolute atomic E-state index is 12.9. The van der Waals surface area contributed by atoms with Gasteiger partial charge in [0.25, 0.3) is 17.7 Å². The van der Waals surface area contributed by atoms with Gasteiger partial charge in [-0.3, -0.25) is 30.1 Å². The Bertz CT molecular complexity index is 793. The molecule has 1 aliphatic heterocycles. The van der Waals surface area contributed by atoms with Crippen molar-refractivity contribution in [1.29, 1.82) is 0 Å². The molecule has 0 unspecified atom stereocenters. The Morgan fingerprint density at radius 3 is 2.30 bits per heavy atom. The fourth-order valence-electron chi connectivity index (χ4n) is 3.32. The lowest BCUT2D eigenvalue weighted by Crippen LogP contribution is -2.51. The van der Waals surface area contributed by atoms with Crippen LogP contribution < -0.4 is 20.9 Å². The van der Waals surface area contributed by atoms with Gasteiger partial charge in [-0.1, -0.05) is 26.7 Å². The summed E-state index contributed by atoms with van der Waals surface area (Å²) in [5.74, 6) is -1.98. The zero-order valence-corrected chi connectivity index (χ0v) is 17.3. The van der Waals surface area contributed by atoms with Gasteiger partial charge in [0.05, 0.1) is 0 Å². The number of benzene rings is 1. The Hall–Kier alpha value is -3.17. The molecular formula is C20H27FN4O5. The molecule has 1 aliphatic rings. The monoisotopic (exact) mass is 422 g/mol. The first-order valence-corrected chi connectivity index (χ1v) is 9.87. The molecule has 2 rings (SSSR count). The van der Waals surface area contributed by atoms with E-state index in [0.717, 1.165) is 4.90 Å². The number of rotatable bonds is 9. The fourth-order valence-corrected chi connectivity index (χ4v) is 3.32. The summed E-state index contributed by atoms with van der Waals surface area (Å²) >= 11 is 0. The summed E-state index contributed by atoms with van der Waals surface area (Å²) in [6, 6.07) is 4.49. The van der Waals surface area contributed by atoms with E-state index in [2.05, 4.69) is 16.2 Å². The topological polar surface area (TPSA) is 117 Å². The number of hydrogen-bond acceptors (Lipinski definition) is 5. The van der Waals surface area contributed by atoms with Crippen molar-refractivity contribution >= 4 is 23.8 Å². The highest BCUT2D eigenvalue weighted by atomic mass is 19.1. The van der Waals surface area contributed by atoms with E-state index in [-0.39, 0.29) is 5.75 Å². The second-order valence-electron chi connectivity index (χ2n) is 7.15. The molecule has 0 aliphatic carbocycles. The molecule has 0 spiro atoms. The number of carbonyl (C=O) groups excluding carboxylic acids is 4. The van der Waals surface area contributed by atoms with E-state index in [4.69, 9.17) is 4.74 Å². The number of halogens is 1. The molecule has 1 fully saturated rings. The van der Waals surface area contributed by atoms with Crippen LogP contribution in [-0.2, 0) is 14.4 Å². The molecule has 0 saturated carbocycles. The van der Waals surface area contributed by atoms with E-state index in [9.17, 15) is 23.6 Å². The third-order valence-corrected chi connectivity index (χ3v) is 4.72. The van der Waals surface area contributed by atoms with E-state index in [1.54, 1.807) is 0 Å². The van der Waals surface area contributed by atoms with Gasteiger partial charge >= 0.3 is 6.03 Å². The van der Waals surface area contributed by atoms with Crippen LogP contribution in [0.25, 0.3) is 0 Å². The standard InChI is InChI=1S/C20H27FN4O5/c1-4-10-20(11-5-2)18(28)25(19(29)22-20)12-16(26)23-24-17(27)13(3)30-15-8-6-14(21)7-9-15/h6-9,13H,4-5,10-12H2,1-3H3,(H,22,29)(H,23,26)(H,24,27)/t13-/m1/s1. The van der Waals surface area contributed by atoms with Crippen LogP contribution in [0.5, 0.6) is 5.75 Å². The zero-order chi connectivity index (χ0) is 22.3. The number of amides is 5. The average molecular weight is 422 g/mol. The van der Waals surface area contributed by atoms with E-state index >= 15 is 0 Å². The lowest BCUT2D eigenvalue weighted by atomic mass is 9.88. The number of carbonyl (C=O) groups is 4. The minimum Gasteiger partial charge on any atom is -0.481 e. The molecule has 10 heteroatoms. The molecule has 1 saturated heterocycles. The molecular weight excluding hydrogens is 395 g/mol. The normalized spacial score (nSPS) is 16.1. The van der Waals surface area contributed by atoms with E-state index in [0.29, 0.717) is 25.7 Å². The van der Waals surface area contributed by atoms with Gasteiger partial charge in [-0.15, -0.1) is 0 Å². The minimum atomic E-state index is -0.985. The van der Waals surface area contributed by atoms with Crippen molar-refractivity contribution in [3.63, 3.8) is 0 Å². The van der Waals surface area contributed by atoms with Crippen molar-refractivity contribution in [3.05, 3.63) is 30.1 Å². The van der Waals surface area contributed by atoms with E-state index < -0.39 is 47.8 Å². The Morgan fingerprint density at radius 1 is 1.13 bits per heavy atom. The second-order valence-corrected chi connectivity index (χ2v) is 7.15. The van der Waals surface area contributed by atoms with Crippen LogP contribution in [-0.4, -0.2) is 46.8 Å². The van der Waals surface area contributed by atoms with E-state index in [1.165, 1.54) is 31.2 Å². The molecule has 0 aromatic heterocycles. The quantitative estimate of drug-likeness (QED) is 0.413. The Balaban J connectivity index is 1.87. The van der Waals surface area contributed by atoms with Crippen molar-refractivity contribution in [2.45, 2.75) is 58.1 Å². The fraction of sp³-hybridized carbons (Fsp3) is 0.500. The molecule has 1 heterocycles. The first kappa shape index (κ1) is 23.1. The molecule has 1 aromatic rings. The number of nitrogens with one attached hydrogen (secondary N) is 3. The summed E-state index contributed by atoms with van der Waals surface area (Å²) in [4.78, 5) is 50.1. The highest BCUT2D eigenvalue weighted by Gasteiger charge is 2.50. The molecule has 0 radical (unpaired) electrons. The van der Waals surface area contributed by atoms with Crippen molar-refractivity contribution < 1.29 is 28.3 Å². The van der Waals surface area contributed by atoms with Crippen molar-refractivity contribution in [3.8, 4) is 5.75 Å². The summed E-state index contributed by atoms with van der Waals surface area (Å²) in [6.07, 6.45) is 1.40. The zero-order valence-electron chi connectivity index (χ0n) is 17.3. The van der Waals surface area contributed by atoms with Gasteiger partial charge in [-0.05, 0) is 44.0 Å². The molecule has 9 nitrogen and oxygen atoms in total. The van der Waals surface area contributed by atoms with Crippen LogP contribution in [0.3, 0.4) is 0 Å². The van der Waals surface area contributed by atoms with Crippen molar-refractivity contribution in [2.75, 3.05) is 6.54 Å². The minimum absolute atomic E-state index is 0.285. The summed E-state index contributed by atoms with van der Waals surface area (Å²) in [7, 11) is 0. The lowest BCUT2D eigenvalue weighted by Gasteiger charge is -2.25. The van der Waals surface area contributed by atoms with E-state index in [1.807, 2.05) is 13.8 Å². The Labute approximate surface area is 174 Å². The maximum atomic E-state index is 12.9. The third kappa shape index (κ3) is 5.46. The number of ether oxygens (including phenoxy) is 1. The van der Waals surface area contributed by atoms with Gasteiger partial charge in [0, 0.05) is 0 Å². The van der Waals surface area contributed by atoms with Crippen LogP contribution in [0.1, 0.15) is 46.5 Å². The first-order valence-electron chi connectivity index (χ1n) is 9.87. The predicted octanol–water partition coefficient (Wildman–Crippen LogP) is 1.63. The van der Waals surface area contributed by atoms with Crippen LogP contribution >= 0.6 is 0 Å². The summed E-state index contributed by atoms with van der Waals surface area (Å²) in [5, 5.41) is 2.71. The Morgan fingerprint density at radius 2 is 1.73 bits per heavy atom. The van der Waals surface area contributed by atoms with Crippen LogP contribution in [0.2, 0.25) is 0 Å². The number of hydrogen-bond donors (Lipinski definition) is 3. The molecule has 1 atom stereocenters. The van der Waals surface area contributed by atoms with Crippen LogP contribution in [0.15, 0.2) is 24.3 Å². The largest absolute Gasteiger partial charge is 0.481 e. The summed E-state index contributed by atoms with van der Waals surface area (Å²) in [6.45, 7) is 4.76. The van der Waals surface area contributed by atoms with Gasteiger partial charge in [0.15, 0.2) is 6.10 Å². The van der Waals surface area contributed by atoms with Gasteiger partial charge < -0.3 is 10.1 Å². The smallest absolute Gasteiger partial charge is 0.325 e. The highest BCUT2D eigenvalue weighted by molar-refractivity contribution is 6.09. The molecule has 30 heavy (non-hydrogen) atoms. The number of urea groups is 1. The lowest BCUT2D eigenvalue weighted by molar-refractivity contribution is -0.137. The number of nitrogens with zero attached hydrogens (tertiary/aromatic N) is 1. The highest BCUT2D eigenvalue weighted by Crippen LogP contribution is 2.27. The SMILES string of the molecule is CCCC1(CCC)NC(=O)N(CC(=O)NNC(=O)[C@@H](C)Oc2ccc(F)cc2)C1=O. The summed E-state index contributed by atoms with van der Waals surface area (Å²) < 4.78 is 18.3. The molecule has 164 valence electrons. The third-order valence-electron chi connectivity index (χ3n) is 4.72. The predicted molar refractivity (Wildman–Crippen MR) is 106 cm³/mol. The van der Waals surface area contributed by atoms with Gasteiger partial charge in [0.1, 0.15) is 23.7 Å². The molecule has 1 aromatic carbocycles. The van der Waals surface area contributed by atoms with Crippen LogP contribution in [0, 0.1) is 5.82 Å². The molecule has 3 N–H and O–H groups in total. The maximum Gasteiger partial charge on any atom is 0.325 e. The van der Waals surface area contributed by atoms with Gasteiger partial charge in [-0.25, -0.2) is 9.18 Å². The van der Waals surface area contributed by atoms with Crippen molar-refractivity contribution in [1.82, 2.24) is 21.1 Å². The van der Waals surface area contributed by atoms with Gasteiger partial charge in [-0.2, -0.15) is 0 Å². The second kappa shape index (κ2) is 10.0. The average Bonchev–Trinajstić information content (AvgIpc) is 2.92. The van der Waals surface area contributed by atoms with Crippen LogP contribution in [0.4, 0.5) is 9.18 Å². The van der Waals surface area contributed by atoms with Crippen molar-refractivity contribution in [2.24, 2.45) is 0 Å². The number of hydrazine groups is 1. The first-order chi connectivity index (χ1) is 14.2. The summed E-state index contributed by atoms with van der Waals surface area (Å²) in [5.41, 5.74) is 3.36. The molecule has 0 bridgehead atoms. The Kier molecular flexibility index (Phi) is 7.73. The van der Waals surface area contributed by atoms with Gasteiger partial charge in [0.2, 0.25) is 0 Å². The molecule has 5 amide bonds. The number of imide groups is 1.